The minimum absolute atomic E-state index is 0.0286. The van der Waals surface area contributed by atoms with E-state index >= 15 is 0 Å². The number of aromatic amines is 1. The molecule has 0 radical (unpaired) electrons. The Labute approximate surface area is 179 Å². The van der Waals surface area contributed by atoms with E-state index in [4.69, 9.17) is 4.98 Å². The Balaban J connectivity index is 1.24. The zero-order chi connectivity index (χ0) is 20.1. The Morgan fingerprint density at radius 3 is 2.77 bits per heavy atom. The van der Waals surface area contributed by atoms with Gasteiger partial charge in [0.2, 0.25) is 0 Å². The molecule has 8 heteroatoms. The van der Waals surface area contributed by atoms with Crippen LogP contribution >= 0.6 is 11.3 Å². The van der Waals surface area contributed by atoms with Gasteiger partial charge in [-0.05, 0) is 18.4 Å². The van der Waals surface area contributed by atoms with Crippen LogP contribution in [0.15, 0.2) is 41.2 Å². The Morgan fingerprint density at radius 2 is 2.03 bits per heavy atom. The maximum absolute atomic E-state index is 12.8. The first-order valence-corrected chi connectivity index (χ1v) is 11.5. The molecule has 1 amide bonds. The molecule has 1 unspecified atom stereocenters. The second kappa shape index (κ2) is 6.99. The molecule has 0 bridgehead atoms. The smallest absolute Gasteiger partial charge is 0.273 e. The normalized spacial score (nSPS) is 23.1. The number of aromatic nitrogens is 4. The maximum atomic E-state index is 12.8. The van der Waals surface area contributed by atoms with Crippen molar-refractivity contribution in [2.45, 2.75) is 31.2 Å². The zero-order valence-corrected chi connectivity index (χ0v) is 17.5. The number of nitrogens with zero attached hydrogens (tertiary/aromatic N) is 5. The molecule has 7 nitrogen and oxygen atoms in total. The summed E-state index contributed by atoms with van der Waals surface area (Å²) in [6, 6.07) is 10.6. The van der Waals surface area contributed by atoms with Gasteiger partial charge in [-0.2, -0.15) is 5.10 Å². The van der Waals surface area contributed by atoms with Gasteiger partial charge in [0.1, 0.15) is 11.5 Å². The summed E-state index contributed by atoms with van der Waals surface area (Å²) in [6.07, 6.45) is 2.40. The highest BCUT2D eigenvalue weighted by molar-refractivity contribution is 7.07. The molecular formula is C22H24N6OS. The predicted octanol–water partition coefficient (Wildman–Crippen LogP) is 2.88. The third-order valence-corrected chi connectivity index (χ3v) is 7.30. The highest BCUT2D eigenvalue weighted by atomic mass is 32.1. The number of H-pyrrole nitrogens is 1. The first-order valence-electron chi connectivity index (χ1n) is 10.6. The van der Waals surface area contributed by atoms with Crippen molar-refractivity contribution in [1.29, 1.82) is 0 Å². The van der Waals surface area contributed by atoms with Gasteiger partial charge in [-0.1, -0.05) is 30.3 Å². The minimum Gasteiger partial charge on any atom is -0.336 e. The third kappa shape index (κ3) is 3.15. The average Bonchev–Trinajstić information content (AvgIpc) is 3.14. The van der Waals surface area contributed by atoms with Crippen LogP contribution in [0.5, 0.6) is 0 Å². The molecule has 3 fully saturated rings. The van der Waals surface area contributed by atoms with E-state index in [1.165, 1.54) is 29.7 Å². The number of carbonyl (C=O) groups excluding carboxylic acids is 1. The summed E-state index contributed by atoms with van der Waals surface area (Å²) in [4.78, 5) is 26.3. The number of carbonyl (C=O) groups is 1. The van der Waals surface area contributed by atoms with Crippen LogP contribution in [0.3, 0.4) is 0 Å². The van der Waals surface area contributed by atoms with Crippen molar-refractivity contribution in [2.24, 2.45) is 5.41 Å². The Morgan fingerprint density at radius 1 is 1.20 bits per heavy atom. The van der Waals surface area contributed by atoms with Gasteiger partial charge in [-0.25, -0.2) is 9.97 Å². The Kier molecular flexibility index (Phi) is 4.24. The molecule has 2 aromatic heterocycles. The van der Waals surface area contributed by atoms with Crippen LogP contribution in [0.25, 0.3) is 0 Å². The molecule has 1 aromatic carbocycles. The molecule has 1 saturated carbocycles. The lowest BCUT2D eigenvalue weighted by Gasteiger charge is -2.50. The Bertz CT molecular complexity index is 1040. The fraction of sp³-hybridized carbons (Fsp3) is 0.455. The van der Waals surface area contributed by atoms with E-state index in [9.17, 15) is 4.79 Å². The third-order valence-electron chi connectivity index (χ3n) is 6.71. The summed E-state index contributed by atoms with van der Waals surface area (Å²) >= 11 is 1.46. The number of hydrogen-bond acceptors (Lipinski definition) is 6. The van der Waals surface area contributed by atoms with Crippen molar-refractivity contribution in [1.82, 2.24) is 30.0 Å². The van der Waals surface area contributed by atoms with Crippen LogP contribution in [-0.4, -0.2) is 62.1 Å². The molecule has 154 valence electrons. The van der Waals surface area contributed by atoms with E-state index in [0.29, 0.717) is 11.6 Å². The number of nitrogens with one attached hydrogen (secondary N) is 1. The van der Waals surface area contributed by atoms with Crippen LogP contribution in [0.1, 0.15) is 52.4 Å². The van der Waals surface area contributed by atoms with Gasteiger partial charge in [0.15, 0.2) is 5.82 Å². The SMILES string of the molecule is O=C(c1cscn1)N1CC2(CN(Cc3ccccc3)CC2c2nc(C3CC3)n[nH]2)C1. The second-order valence-electron chi connectivity index (χ2n) is 8.96. The molecule has 3 aromatic rings. The van der Waals surface area contributed by atoms with Crippen LogP contribution in [0.4, 0.5) is 0 Å². The monoisotopic (exact) mass is 420 g/mol. The summed E-state index contributed by atoms with van der Waals surface area (Å²) in [5.74, 6) is 2.81. The van der Waals surface area contributed by atoms with E-state index in [2.05, 4.69) is 50.4 Å². The number of rotatable bonds is 5. The number of hydrogen-bond donors (Lipinski definition) is 1. The Hall–Kier alpha value is -2.58. The molecule has 1 spiro atoms. The molecule has 1 atom stereocenters. The standard InChI is InChI=1S/C22H24N6OS/c29-21(18-10-30-14-23-18)28-12-22(13-28)11-27(8-15-4-2-1-3-5-15)9-17(22)20-24-19(25-26-20)16-6-7-16/h1-5,10,14,16-17H,6-9,11-13H2,(H,24,25,26). The van der Waals surface area contributed by atoms with Gasteiger partial charge in [0, 0.05) is 55.4 Å². The topological polar surface area (TPSA) is 78.0 Å². The summed E-state index contributed by atoms with van der Waals surface area (Å²) < 4.78 is 0. The molecular weight excluding hydrogens is 396 g/mol. The fourth-order valence-electron chi connectivity index (χ4n) is 5.04. The molecule has 1 aliphatic carbocycles. The zero-order valence-electron chi connectivity index (χ0n) is 16.7. The molecule has 2 aliphatic heterocycles. The molecule has 30 heavy (non-hydrogen) atoms. The predicted molar refractivity (Wildman–Crippen MR) is 113 cm³/mol. The molecule has 3 aliphatic rings. The van der Waals surface area contributed by atoms with Gasteiger partial charge in [-0.3, -0.25) is 14.8 Å². The fourth-order valence-corrected chi connectivity index (χ4v) is 5.56. The van der Waals surface area contributed by atoms with Crippen molar-refractivity contribution in [2.75, 3.05) is 26.2 Å². The first kappa shape index (κ1) is 18.2. The van der Waals surface area contributed by atoms with Crippen molar-refractivity contribution in [3.05, 3.63) is 64.1 Å². The van der Waals surface area contributed by atoms with E-state index in [0.717, 1.165) is 44.4 Å². The molecule has 1 N–H and O–H groups in total. The number of likely N-dealkylation sites (tertiary alicyclic amines) is 2. The summed E-state index contributed by atoms with van der Waals surface area (Å²) in [7, 11) is 0. The van der Waals surface area contributed by atoms with Crippen LogP contribution < -0.4 is 0 Å². The van der Waals surface area contributed by atoms with Crippen molar-refractivity contribution in [3.63, 3.8) is 0 Å². The minimum atomic E-state index is 0.0286. The van der Waals surface area contributed by atoms with Crippen LogP contribution in [0, 0.1) is 5.41 Å². The van der Waals surface area contributed by atoms with Gasteiger partial charge < -0.3 is 4.90 Å². The maximum Gasteiger partial charge on any atom is 0.273 e. The van der Waals surface area contributed by atoms with Crippen LogP contribution in [-0.2, 0) is 6.54 Å². The van der Waals surface area contributed by atoms with Gasteiger partial charge in [0.25, 0.3) is 5.91 Å². The van der Waals surface area contributed by atoms with E-state index < -0.39 is 0 Å². The van der Waals surface area contributed by atoms with Crippen molar-refractivity contribution >= 4 is 17.2 Å². The van der Waals surface area contributed by atoms with Crippen LogP contribution in [0.2, 0.25) is 0 Å². The quantitative estimate of drug-likeness (QED) is 0.687. The largest absolute Gasteiger partial charge is 0.336 e. The van der Waals surface area contributed by atoms with E-state index in [-0.39, 0.29) is 17.2 Å². The lowest BCUT2D eigenvalue weighted by Crippen LogP contribution is -2.61. The van der Waals surface area contributed by atoms with Gasteiger partial charge >= 0.3 is 0 Å². The number of thiazole rings is 1. The lowest BCUT2D eigenvalue weighted by atomic mass is 9.71. The highest BCUT2D eigenvalue weighted by Crippen LogP contribution is 2.49. The highest BCUT2D eigenvalue weighted by Gasteiger charge is 2.57. The number of benzene rings is 1. The summed E-state index contributed by atoms with van der Waals surface area (Å²) in [5, 5.41) is 9.59. The molecule has 4 heterocycles. The van der Waals surface area contributed by atoms with Gasteiger partial charge in [0.05, 0.1) is 5.51 Å². The lowest BCUT2D eigenvalue weighted by molar-refractivity contribution is 0.00142. The van der Waals surface area contributed by atoms with Crippen molar-refractivity contribution in [3.8, 4) is 0 Å². The summed E-state index contributed by atoms with van der Waals surface area (Å²) in [5.41, 5.74) is 3.62. The first-order chi connectivity index (χ1) is 14.7. The average molecular weight is 421 g/mol. The molecule has 6 rings (SSSR count). The number of amides is 1. The molecule has 2 saturated heterocycles. The second-order valence-corrected chi connectivity index (χ2v) is 9.68. The van der Waals surface area contributed by atoms with E-state index in [1.54, 1.807) is 5.51 Å². The summed E-state index contributed by atoms with van der Waals surface area (Å²) in [6.45, 7) is 4.32. The van der Waals surface area contributed by atoms with Crippen molar-refractivity contribution < 1.29 is 4.79 Å². The van der Waals surface area contributed by atoms with E-state index in [1.807, 2.05) is 10.3 Å². The van der Waals surface area contributed by atoms with Gasteiger partial charge in [-0.15, -0.1) is 11.3 Å².